The average molecular weight is 339 g/mol. The van der Waals surface area contributed by atoms with Crippen LogP contribution in [0.15, 0.2) is 18.2 Å². The van der Waals surface area contributed by atoms with Crippen molar-refractivity contribution in [3.05, 3.63) is 23.8 Å². The molecule has 0 aliphatic carbocycles. The second-order valence-corrected chi connectivity index (χ2v) is 5.12. The molecule has 7 nitrogen and oxygen atoms in total. The molecule has 0 aliphatic heterocycles. The molecule has 7 heteroatoms. The Hall–Kier alpha value is -2.28. The van der Waals surface area contributed by atoms with Gasteiger partial charge in [0.25, 0.3) is 0 Å². The molecule has 0 heterocycles. The first-order chi connectivity index (χ1) is 11.5. The second-order valence-electron chi connectivity index (χ2n) is 5.12. The standard InChI is InChI=1S/C17H25NO6/c1-22-14-6-4-13(12-15(14)23-2)5-7-16(20)18(10-11-19)9-8-17(21)24-3/h4,6,12,19H,5,7-11H2,1-3H3. The van der Waals surface area contributed by atoms with Gasteiger partial charge in [-0.15, -0.1) is 0 Å². The molecule has 0 unspecified atom stereocenters. The fourth-order valence-electron chi connectivity index (χ4n) is 2.26. The predicted molar refractivity (Wildman–Crippen MR) is 88.2 cm³/mol. The summed E-state index contributed by atoms with van der Waals surface area (Å²) in [6.45, 7) is 0.281. The molecule has 0 aliphatic rings. The molecule has 0 saturated carbocycles. The lowest BCUT2D eigenvalue weighted by Gasteiger charge is -2.21. The van der Waals surface area contributed by atoms with Crippen molar-refractivity contribution in [2.24, 2.45) is 0 Å². The molecule has 0 aromatic heterocycles. The maximum atomic E-state index is 12.3. The van der Waals surface area contributed by atoms with Crippen LogP contribution >= 0.6 is 0 Å². The number of hydrogen-bond donors (Lipinski definition) is 1. The van der Waals surface area contributed by atoms with E-state index in [1.165, 1.54) is 12.0 Å². The first-order valence-electron chi connectivity index (χ1n) is 7.72. The maximum Gasteiger partial charge on any atom is 0.307 e. The van der Waals surface area contributed by atoms with E-state index in [-0.39, 0.29) is 44.4 Å². The molecular weight excluding hydrogens is 314 g/mol. The van der Waals surface area contributed by atoms with Crippen molar-refractivity contribution in [2.45, 2.75) is 19.3 Å². The number of aryl methyl sites for hydroxylation is 1. The van der Waals surface area contributed by atoms with Crippen molar-refractivity contribution < 1.29 is 28.9 Å². The third-order valence-electron chi connectivity index (χ3n) is 3.61. The number of rotatable bonds is 10. The van der Waals surface area contributed by atoms with Crippen LogP contribution in [-0.2, 0) is 20.7 Å². The fourth-order valence-corrected chi connectivity index (χ4v) is 2.26. The van der Waals surface area contributed by atoms with Crippen LogP contribution in [0.25, 0.3) is 0 Å². The number of esters is 1. The van der Waals surface area contributed by atoms with Crippen molar-refractivity contribution in [2.75, 3.05) is 41.0 Å². The number of benzene rings is 1. The third-order valence-corrected chi connectivity index (χ3v) is 3.61. The number of aliphatic hydroxyl groups excluding tert-OH is 1. The maximum absolute atomic E-state index is 12.3. The molecule has 0 spiro atoms. The molecule has 1 rings (SSSR count). The summed E-state index contributed by atoms with van der Waals surface area (Å²) in [6, 6.07) is 5.50. The van der Waals surface area contributed by atoms with Gasteiger partial charge in [-0.25, -0.2) is 0 Å². The van der Waals surface area contributed by atoms with Crippen molar-refractivity contribution in [1.29, 1.82) is 0 Å². The lowest BCUT2D eigenvalue weighted by atomic mass is 10.1. The van der Waals surface area contributed by atoms with Gasteiger partial charge in [-0.3, -0.25) is 9.59 Å². The van der Waals surface area contributed by atoms with Gasteiger partial charge >= 0.3 is 5.97 Å². The van der Waals surface area contributed by atoms with Gasteiger partial charge < -0.3 is 24.2 Å². The lowest BCUT2D eigenvalue weighted by molar-refractivity contribution is -0.141. The van der Waals surface area contributed by atoms with Gasteiger partial charge in [-0.05, 0) is 24.1 Å². The lowest BCUT2D eigenvalue weighted by Crippen LogP contribution is -2.35. The highest BCUT2D eigenvalue weighted by molar-refractivity contribution is 5.77. The highest BCUT2D eigenvalue weighted by Crippen LogP contribution is 2.28. The summed E-state index contributed by atoms with van der Waals surface area (Å²) in [6.07, 6.45) is 0.911. The van der Waals surface area contributed by atoms with E-state index in [2.05, 4.69) is 4.74 Å². The molecular formula is C17H25NO6. The second kappa shape index (κ2) is 10.5. The molecule has 0 radical (unpaired) electrons. The van der Waals surface area contributed by atoms with Crippen LogP contribution in [0.3, 0.4) is 0 Å². The Morgan fingerprint density at radius 2 is 1.75 bits per heavy atom. The Labute approximate surface area is 142 Å². The van der Waals surface area contributed by atoms with E-state index < -0.39 is 0 Å². The summed E-state index contributed by atoms with van der Waals surface area (Å²) < 4.78 is 15.0. The highest BCUT2D eigenvalue weighted by Gasteiger charge is 2.15. The van der Waals surface area contributed by atoms with E-state index in [0.29, 0.717) is 17.9 Å². The average Bonchev–Trinajstić information content (AvgIpc) is 2.62. The molecule has 1 aromatic carbocycles. The smallest absolute Gasteiger partial charge is 0.307 e. The van der Waals surface area contributed by atoms with Crippen LogP contribution in [0.5, 0.6) is 11.5 Å². The van der Waals surface area contributed by atoms with Gasteiger partial charge in [-0.2, -0.15) is 0 Å². The monoisotopic (exact) mass is 339 g/mol. The number of methoxy groups -OCH3 is 3. The minimum atomic E-state index is -0.384. The molecule has 1 amide bonds. The van der Waals surface area contributed by atoms with E-state index in [1.54, 1.807) is 20.3 Å². The summed E-state index contributed by atoms with van der Waals surface area (Å²) in [7, 11) is 4.43. The van der Waals surface area contributed by atoms with Crippen molar-refractivity contribution in [3.63, 3.8) is 0 Å². The van der Waals surface area contributed by atoms with Crippen LogP contribution in [0, 0.1) is 0 Å². The van der Waals surface area contributed by atoms with E-state index in [1.807, 2.05) is 12.1 Å². The molecule has 0 fully saturated rings. The van der Waals surface area contributed by atoms with Crippen LogP contribution in [0.4, 0.5) is 0 Å². The number of ether oxygens (including phenoxy) is 3. The predicted octanol–water partition coefficient (Wildman–Crippen LogP) is 1.02. The molecule has 1 aromatic rings. The Kier molecular flexibility index (Phi) is 8.64. The van der Waals surface area contributed by atoms with Crippen molar-refractivity contribution in [3.8, 4) is 11.5 Å². The molecule has 0 bridgehead atoms. The Morgan fingerprint density at radius 1 is 1.04 bits per heavy atom. The first-order valence-corrected chi connectivity index (χ1v) is 7.72. The summed E-state index contributed by atoms with van der Waals surface area (Å²) in [5, 5.41) is 9.08. The zero-order chi connectivity index (χ0) is 17.9. The molecule has 0 atom stereocenters. The van der Waals surface area contributed by atoms with Crippen LogP contribution in [-0.4, -0.2) is 62.9 Å². The van der Waals surface area contributed by atoms with Crippen LogP contribution in [0.2, 0.25) is 0 Å². The van der Waals surface area contributed by atoms with E-state index in [9.17, 15) is 9.59 Å². The zero-order valence-corrected chi connectivity index (χ0v) is 14.4. The number of carbonyl (C=O) groups is 2. The van der Waals surface area contributed by atoms with E-state index in [4.69, 9.17) is 14.6 Å². The van der Waals surface area contributed by atoms with Gasteiger partial charge in [0.2, 0.25) is 5.91 Å². The van der Waals surface area contributed by atoms with Gasteiger partial charge in [0.1, 0.15) is 0 Å². The third kappa shape index (κ3) is 6.08. The Bertz CT molecular complexity index is 546. The molecule has 0 saturated heterocycles. The van der Waals surface area contributed by atoms with E-state index in [0.717, 1.165) is 5.56 Å². The SMILES string of the molecule is COC(=O)CCN(CCO)C(=O)CCc1ccc(OC)c(OC)c1. The Morgan fingerprint density at radius 3 is 2.33 bits per heavy atom. The number of nitrogens with zero attached hydrogens (tertiary/aromatic N) is 1. The first kappa shape index (κ1) is 19.8. The summed E-state index contributed by atoms with van der Waals surface area (Å²) in [5.74, 6) is 0.737. The van der Waals surface area contributed by atoms with Gasteiger partial charge in [0.05, 0.1) is 34.4 Å². The summed E-state index contributed by atoms with van der Waals surface area (Å²) in [4.78, 5) is 25.0. The van der Waals surface area contributed by atoms with Gasteiger partial charge in [0.15, 0.2) is 11.5 Å². The van der Waals surface area contributed by atoms with Gasteiger partial charge in [0, 0.05) is 19.5 Å². The van der Waals surface area contributed by atoms with Crippen LogP contribution < -0.4 is 9.47 Å². The number of aliphatic hydroxyl groups is 1. The topological polar surface area (TPSA) is 85.3 Å². The quantitative estimate of drug-likeness (QED) is 0.641. The molecule has 134 valence electrons. The van der Waals surface area contributed by atoms with Gasteiger partial charge in [-0.1, -0.05) is 6.07 Å². The molecule has 1 N–H and O–H groups in total. The summed E-state index contributed by atoms with van der Waals surface area (Å²) >= 11 is 0. The minimum Gasteiger partial charge on any atom is -0.493 e. The zero-order valence-electron chi connectivity index (χ0n) is 14.4. The number of carbonyl (C=O) groups excluding carboxylic acids is 2. The normalized spacial score (nSPS) is 10.2. The minimum absolute atomic E-state index is 0.110. The fraction of sp³-hybridized carbons (Fsp3) is 0.529. The largest absolute Gasteiger partial charge is 0.493 e. The Balaban J connectivity index is 2.62. The number of hydrogen-bond acceptors (Lipinski definition) is 6. The van der Waals surface area contributed by atoms with E-state index >= 15 is 0 Å². The number of amides is 1. The van der Waals surface area contributed by atoms with Crippen LogP contribution in [0.1, 0.15) is 18.4 Å². The highest BCUT2D eigenvalue weighted by atomic mass is 16.5. The molecule has 24 heavy (non-hydrogen) atoms. The van der Waals surface area contributed by atoms with Crippen molar-refractivity contribution >= 4 is 11.9 Å². The van der Waals surface area contributed by atoms with Crippen molar-refractivity contribution in [1.82, 2.24) is 4.90 Å². The summed E-state index contributed by atoms with van der Waals surface area (Å²) in [5.41, 5.74) is 0.943.